The van der Waals surface area contributed by atoms with Crippen LogP contribution in [0.3, 0.4) is 0 Å². The lowest BCUT2D eigenvalue weighted by atomic mass is 9.93. The first-order valence-electron chi connectivity index (χ1n) is 11.3. The number of aromatic nitrogens is 2. The van der Waals surface area contributed by atoms with E-state index in [4.69, 9.17) is 9.47 Å². The van der Waals surface area contributed by atoms with Gasteiger partial charge in [0.05, 0.1) is 0 Å². The van der Waals surface area contributed by atoms with E-state index >= 15 is 0 Å². The molecule has 1 aromatic carbocycles. The summed E-state index contributed by atoms with van der Waals surface area (Å²) in [5, 5.41) is 6.43. The van der Waals surface area contributed by atoms with Gasteiger partial charge >= 0.3 is 0 Å². The molecule has 8 heteroatoms. The van der Waals surface area contributed by atoms with Gasteiger partial charge in [0, 0.05) is 43.4 Å². The minimum Gasteiger partial charge on any atom is -0.486 e. The Kier molecular flexibility index (Phi) is 5.78. The summed E-state index contributed by atoms with van der Waals surface area (Å²) in [7, 11) is 0. The average Bonchev–Trinajstić information content (AvgIpc) is 3.62. The Labute approximate surface area is 182 Å². The van der Waals surface area contributed by atoms with Crippen molar-refractivity contribution in [2.45, 2.75) is 44.6 Å². The zero-order valence-corrected chi connectivity index (χ0v) is 17.7. The summed E-state index contributed by atoms with van der Waals surface area (Å²) in [6.45, 7) is 3.02. The van der Waals surface area contributed by atoms with Crippen molar-refractivity contribution in [3.8, 4) is 11.5 Å². The number of anilines is 3. The number of carbonyl (C=O) groups is 1. The second-order valence-electron chi connectivity index (χ2n) is 8.58. The monoisotopic (exact) mass is 423 g/mol. The van der Waals surface area contributed by atoms with Crippen LogP contribution < -0.4 is 25.0 Å². The summed E-state index contributed by atoms with van der Waals surface area (Å²) in [4.78, 5) is 23.7. The van der Waals surface area contributed by atoms with Gasteiger partial charge in [-0.2, -0.15) is 0 Å². The van der Waals surface area contributed by atoms with Gasteiger partial charge in [-0.05, 0) is 50.2 Å². The molecule has 2 fully saturated rings. The molecule has 5 rings (SSSR count). The van der Waals surface area contributed by atoms with Gasteiger partial charge < -0.3 is 25.0 Å². The van der Waals surface area contributed by atoms with Crippen LogP contribution in [0.15, 0.2) is 30.6 Å². The number of nitrogens with one attached hydrogen (secondary N) is 2. The molecule has 164 valence electrons. The molecule has 0 unspecified atom stereocenters. The van der Waals surface area contributed by atoms with Crippen LogP contribution in [0.25, 0.3) is 0 Å². The van der Waals surface area contributed by atoms with Crippen molar-refractivity contribution in [3.05, 3.63) is 30.6 Å². The molecule has 1 aliphatic carbocycles. The van der Waals surface area contributed by atoms with Crippen LogP contribution in [0.4, 0.5) is 17.3 Å². The van der Waals surface area contributed by atoms with Crippen molar-refractivity contribution < 1.29 is 14.3 Å². The van der Waals surface area contributed by atoms with Crippen LogP contribution in [-0.4, -0.2) is 48.2 Å². The fraction of sp³-hybridized carbons (Fsp3) is 0.522. The molecule has 1 saturated heterocycles. The van der Waals surface area contributed by atoms with Crippen LogP contribution >= 0.6 is 0 Å². The summed E-state index contributed by atoms with van der Waals surface area (Å²) in [6.07, 6.45) is 7.72. The van der Waals surface area contributed by atoms with E-state index in [-0.39, 0.29) is 5.91 Å². The highest BCUT2D eigenvalue weighted by Crippen LogP contribution is 2.33. The Morgan fingerprint density at radius 2 is 1.97 bits per heavy atom. The lowest BCUT2D eigenvalue weighted by Crippen LogP contribution is -2.36. The number of rotatable bonds is 7. The summed E-state index contributed by atoms with van der Waals surface area (Å²) in [6, 6.07) is 8.16. The van der Waals surface area contributed by atoms with Crippen molar-refractivity contribution in [1.82, 2.24) is 9.97 Å². The van der Waals surface area contributed by atoms with Gasteiger partial charge in [-0.15, -0.1) is 0 Å². The number of hydrogen-bond acceptors (Lipinski definition) is 7. The summed E-state index contributed by atoms with van der Waals surface area (Å²) >= 11 is 0. The Hall–Kier alpha value is -3.03. The van der Waals surface area contributed by atoms with Crippen molar-refractivity contribution in [2.75, 3.05) is 41.8 Å². The molecule has 0 spiro atoms. The maximum atomic E-state index is 12.5. The molecule has 31 heavy (non-hydrogen) atoms. The Bertz CT molecular complexity index is 933. The largest absolute Gasteiger partial charge is 0.486 e. The van der Waals surface area contributed by atoms with Crippen molar-refractivity contribution >= 4 is 23.2 Å². The van der Waals surface area contributed by atoms with Gasteiger partial charge in [0.25, 0.3) is 0 Å². The molecule has 2 N–H and O–H groups in total. The van der Waals surface area contributed by atoms with E-state index < -0.39 is 0 Å². The number of piperidine rings is 1. The highest BCUT2D eigenvalue weighted by atomic mass is 16.6. The van der Waals surface area contributed by atoms with E-state index in [2.05, 4.69) is 31.6 Å². The third-order valence-electron chi connectivity index (χ3n) is 6.03. The minimum atomic E-state index is 0.0340. The van der Waals surface area contributed by atoms with Crippen LogP contribution in [-0.2, 0) is 4.79 Å². The number of benzene rings is 1. The molecule has 1 amide bonds. The van der Waals surface area contributed by atoms with Gasteiger partial charge in [-0.25, -0.2) is 9.97 Å². The fourth-order valence-electron chi connectivity index (χ4n) is 4.22. The first kappa shape index (κ1) is 19.9. The molecular weight excluding hydrogens is 394 g/mol. The SMILES string of the molecule is O=C(CC[C@@H]1CCCN(c2cc(NC3CC3)ncn2)C1)Nc1ccc2c(c1)OCCO2. The van der Waals surface area contributed by atoms with Crippen LogP contribution in [0, 0.1) is 5.92 Å². The number of ether oxygens (including phenoxy) is 2. The lowest BCUT2D eigenvalue weighted by Gasteiger charge is -2.33. The summed E-state index contributed by atoms with van der Waals surface area (Å²) in [5.41, 5.74) is 0.746. The van der Waals surface area contributed by atoms with Gasteiger partial charge in [-0.1, -0.05) is 0 Å². The topological polar surface area (TPSA) is 88.6 Å². The van der Waals surface area contributed by atoms with E-state index in [9.17, 15) is 4.79 Å². The molecule has 3 heterocycles. The molecule has 2 aromatic rings. The molecule has 3 aliphatic rings. The highest BCUT2D eigenvalue weighted by molar-refractivity contribution is 5.91. The van der Waals surface area contributed by atoms with Crippen molar-refractivity contribution in [1.29, 1.82) is 0 Å². The Morgan fingerprint density at radius 1 is 1.10 bits per heavy atom. The van der Waals surface area contributed by atoms with E-state index in [1.54, 1.807) is 6.33 Å². The quantitative estimate of drug-likeness (QED) is 0.705. The Morgan fingerprint density at radius 3 is 2.84 bits per heavy atom. The number of nitrogens with zero attached hydrogens (tertiary/aromatic N) is 3. The minimum absolute atomic E-state index is 0.0340. The Balaban J connectivity index is 1.12. The first-order chi connectivity index (χ1) is 15.2. The normalized spacial score (nSPS) is 20.3. The lowest BCUT2D eigenvalue weighted by molar-refractivity contribution is -0.116. The third kappa shape index (κ3) is 5.18. The van der Waals surface area contributed by atoms with Crippen molar-refractivity contribution in [3.63, 3.8) is 0 Å². The van der Waals surface area contributed by atoms with Crippen LogP contribution in [0.1, 0.15) is 38.5 Å². The van der Waals surface area contributed by atoms with E-state index in [1.807, 2.05) is 18.2 Å². The van der Waals surface area contributed by atoms with E-state index in [0.29, 0.717) is 37.3 Å². The predicted molar refractivity (Wildman–Crippen MR) is 119 cm³/mol. The number of hydrogen-bond donors (Lipinski definition) is 2. The maximum Gasteiger partial charge on any atom is 0.224 e. The molecule has 2 aliphatic heterocycles. The predicted octanol–water partition coefficient (Wildman–Crippen LogP) is 3.46. The van der Waals surface area contributed by atoms with E-state index in [0.717, 1.165) is 55.4 Å². The molecule has 1 atom stereocenters. The van der Waals surface area contributed by atoms with E-state index in [1.165, 1.54) is 12.8 Å². The molecular formula is C23H29N5O3. The number of fused-ring (bicyclic) bond motifs is 1. The first-order valence-corrected chi connectivity index (χ1v) is 11.3. The molecule has 0 bridgehead atoms. The zero-order valence-electron chi connectivity index (χ0n) is 17.7. The maximum absolute atomic E-state index is 12.5. The van der Waals surface area contributed by atoms with Gasteiger partial charge in [0.2, 0.25) is 5.91 Å². The number of amides is 1. The van der Waals surface area contributed by atoms with Gasteiger partial charge in [0.1, 0.15) is 31.2 Å². The summed E-state index contributed by atoms with van der Waals surface area (Å²) < 4.78 is 11.1. The van der Waals surface area contributed by atoms with Gasteiger partial charge in [-0.3, -0.25) is 4.79 Å². The average molecular weight is 424 g/mol. The second-order valence-corrected chi connectivity index (χ2v) is 8.58. The smallest absolute Gasteiger partial charge is 0.224 e. The zero-order chi connectivity index (χ0) is 21.0. The van der Waals surface area contributed by atoms with Crippen molar-refractivity contribution in [2.24, 2.45) is 5.92 Å². The number of carbonyl (C=O) groups excluding carboxylic acids is 1. The molecule has 0 radical (unpaired) electrons. The standard InChI is InChI=1S/C23H29N5O3/c29-23(27-18-6-7-19-20(12-18)31-11-10-30-19)8-3-16-2-1-9-28(14-16)22-13-21(24-15-25-22)26-17-4-5-17/h6-7,12-13,15-17H,1-5,8-11,14H2,(H,27,29)(H,24,25,26)/t16-/m0/s1. The van der Waals surface area contributed by atoms with Crippen LogP contribution in [0.5, 0.6) is 11.5 Å². The third-order valence-corrected chi connectivity index (χ3v) is 6.03. The van der Waals surface area contributed by atoms with Gasteiger partial charge in [0.15, 0.2) is 11.5 Å². The molecule has 1 saturated carbocycles. The molecule has 1 aromatic heterocycles. The summed E-state index contributed by atoms with van der Waals surface area (Å²) in [5.74, 6) is 3.82. The highest BCUT2D eigenvalue weighted by Gasteiger charge is 2.24. The second kappa shape index (κ2) is 8.99. The van der Waals surface area contributed by atoms with Crippen LogP contribution in [0.2, 0.25) is 0 Å². The fourth-order valence-corrected chi connectivity index (χ4v) is 4.22. The molecule has 8 nitrogen and oxygen atoms in total.